The first kappa shape index (κ1) is 12.5. The van der Waals surface area contributed by atoms with E-state index in [1.54, 1.807) is 0 Å². The minimum atomic E-state index is 0.647. The van der Waals surface area contributed by atoms with E-state index < -0.39 is 0 Å². The molecule has 6 nitrogen and oxygen atoms in total. The van der Waals surface area contributed by atoms with Gasteiger partial charge in [-0.15, -0.1) is 14.8 Å². The van der Waals surface area contributed by atoms with Gasteiger partial charge in [0, 0.05) is 13.6 Å². The minimum absolute atomic E-state index is 0.647. The smallest absolute Gasteiger partial charge is 0.200 e. The van der Waals surface area contributed by atoms with Gasteiger partial charge in [-0.05, 0) is 47.5 Å². The fourth-order valence-corrected chi connectivity index (χ4v) is 2.20. The van der Waals surface area contributed by atoms with Crippen LogP contribution in [-0.2, 0) is 6.54 Å². The number of hydrogen-bond acceptors (Lipinski definition) is 5. The molecule has 102 valence electrons. The molecule has 0 aliphatic carbocycles. The van der Waals surface area contributed by atoms with Gasteiger partial charge in [0.1, 0.15) is 0 Å². The van der Waals surface area contributed by atoms with Crippen LogP contribution in [0.3, 0.4) is 0 Å². The number of nitrogens with zero attached hydrogens (tertiary/aromatic N) is 6. The molecule has 0 fully saturated rings. The standard InChI is InChI=1S/C14H16N6/c1-10-4-5-12(11(2)8-10)9-19(3)14-7-6-13-15-17-18-20(13)16-14/h4-8H,9H2,1-3H3. The van der Waals surface area contributed by atoms with E-state index in [9.17, 15) is 0 Å². The second kappa shape index (κ2) is 4.88. The van der Waals surface area contributed by atoms with Crippen LogP contribution < -0.4 is 4.90 Å². The molecule has 0 amide bonds. The number of aryl methyl sites for hydroxylation is 2. The van der Waals surface area contributed by atoms with E-state index >= 15 is 0 Å². The summed E-state index contributed by atoms with van der Waals surface area (Å²) in [6.07, 6.45) is 0. The van der Waals surface area contributed by atoms with Crippen molar-refractivity contribution in [3.8, 4) is 0 Å². The van der Waals surface area contributed by atoms with Crippen molar-refractivity contribution in [1.29, 1.82) is 0 Å². The Hall–Kier alpha value is -2.50. The molecule has 0 spiro atoms. The Kier molecular flexibility index (Phi) is 3.06. The summed E-state index contributed by atoms with van der Waals surface area (Å²) in [7, 11) is 2.01. The Morgan fingerprint density at radius 2 is 2.00 bits per heavy atom. The van der Waals surface area contributed by atoms with Crippen molar-refractivity contribution >= 4 is 11.5 Å². The number of fused-ring (bicyclic) bond motifs is 1. The Labute approximate surface area is 117 Å². The molecule has 0 N–H and O–H groups in total. The van der Waals surface area contributed by atoms with Crippen LogP contribution in [0.1, 0.15) is 16.7 Å². The third-order valence-corrected chi connectivity index (χ3v) is 3.35. The van der Waals surface area contributed by atoms with Gasteiger partial charge in [-0.2, -0.15) is 0 Å². The summed E-state index contributed by atoms with van der Waals surface area (Å²) in [4.78, 5) is 2.08. The first-order valence-electron chi connectivity index (χ1n) is 6.46. The summed E-state index contributed by atoms with van der Waals surface area (Å²) in [6, 6.07) is 10.3. The van der Waals surface area contributed by atoms with Gasteiger partial charge in [0.15, 0.2) is 11.5 Å². The third-order valence-electron chi connectivity index (χ3n) is 3.35. The molecule has 0 aliphatic heterocycles. The van der Waals surface area contributed by atoms with E-state index in [2.05, 4.69) is 57.6 Å². The topological polar surface area (TPSA) is 59.2 Å². The third kappa shape index (κ3) is 2.32. The molecule has 3 aromatic rings. The maximum atomic E-state index is 4.39. The number of rotatable bonds is 3. The molecule has 0 atom stereocenters. The number of tetrazole rings is 1. The van der Waals surface area contributed by atoms with Crippen molar-refractivity contribution in [2.75, 3.05) is 11.9 Å². The van der Waals surface area contributed by atoms with Gasteiger partial charge in [-0.3, -0.25) is 0 Å². The summed E-state index contributed by atoms with van der Waals surface area (Å²) in [5.74, 6) is 0.838. The van der Waals surface area contributed by atoms with Gasteiger partial charge in [0.25, 0.3) is 0 Å². The SMILES string of the molecule is Cc1ccc(CN(C)c2ccc3nnnn3n2)c(C)c1. The van der Waals surface area contributed by atoms with Gasteiger partial charge in [0.05, 0.1) is 0 Å². The maximum absolute atomic E-state index is 4.39. The molecule has 6 heteroatoms. The molecule has 0 radical (unpaired) electrons. The van der Waals surface area contributed by atoms with Crippen LogP contribution in [0.4, 0.5) is 5.82 Å². The van der Waals surface area contributed by atoms with Crippen LogP contribution in [0.15, 0.2) is 30.3 Å². The highest BCUT2D eigenvalue weighted by Crippen LogP contribution is 2.16. The number of benzene rings is 1. The molecule has 20 heavy (non-hydrogen) atoms. The molecule has 3 rings (SSSR count). The van der Waals surface area contributed by atoms with Crippen molar-refractivity contribution in [1.82, 2.24) is 25.3 Å². The van der Waals surface area contributed by atoms with Crippen LogP contribution >= 0.6 is 0 Å². The lowest BCUT2D eigenvalue weighted by molar-refractivity contribution is 0.720. The first-order valence-corrected chi connectivity index (χ1v) is 6.46. The summed E-state index contributed by atoms with van der Waals surface area (Å²) >= 11 is 0. The lowest BCUT2D eigenvalue weighted by atomic mass is 10.1. The Bertz CT molecular complexity index is 748. The average molecular weight is 268 g/mol. The number of anilines is 1. The van der Waals surface area contributed by atoms with Crippen molar-refractivity contribution < 1.29 is 0 Å². The van der Waals surface area contributed by atoms with Crippen LogP contribution in [0.5, 0.6) is 0 Å². The van der Waals surface area contributed by atoms with Gasteiger partial charge in [0.2, 0.25) is 0 Å². The summed E-state index contributed by atoms with van der Waals surface area (Å²) in [6.45, 7) is 5.04. The van der Waals surface area contributed by atoms with E-state index in [1.165, 1.54) is 21.3 Å². The van der Waals surface area contributed by atoms with Gasteiger partial charge < -0.3 is 4.90 Å². The van der Waals surface area contributed by atoms with Gasteiger partial charge >= 0.3 is 0 Å². The molecule has 2 aromatic heterocycles. The zero-order valence-corrected chi connectivity index (χ0v) is 11.8. The first-order chi connectivity index (χ1) is 9.63. The van der Waals surface area contributed by atoms with Crippen molar-refractivity contribution in [2.45, 2.75) is 20.4 Å². The average Bonchev–Trinajstić information content (AvgIpc) is 2.89. The molecule has 0 saturated carbocycles. The molecule has 0 aliphatic rings. The molecule has 1 aromatic carbocycles. The zero-order chi connectivity index (χ0) is 14.1. The largest absolute Gasteiger partial charge is 0.354 e. The second-order valence-corrected chi connectivity index (χ2v) is 5.00. The normalized spacial score (nSPS) is 10.9. The summed E-state index contributed by atoms with van der Waals surface area (Å²) in [5, 5.41) is 15.6. The molecule has 2 heterocycles. The van der Waals surface area contributed by atoms with E-state index in [4.69, 9.17) is 0 Å². The van der Waals surface area contributed by atoms with Crippen molar-refractivity contribution in [3.63, 3.8) is 0 Å². The number of hydrogen-bond donors (Lipinski definition) is 0. The lowest BCUT2D eigenvalue weighted by Gasteiger charge is -2.19. The van der Waals surface area contributed by atoms with Crippen molar-refractivity contribution in [2.24, 2.45) is 0 Å². The predicted molar refractivity (Wildman–Crippen MR) is 76.6 cm³/mol. The molecule has 0 saturated heterocycles. The fourth-order valence-electron chi connectivity index (χ4n) is 2.20. The highest BCUT2D eigenvalue weighted by Gasteiger charge is 2.08. The Morgan fingerprint density at radius 1 is 1.15 bits per heavy atom. The minimum Gasteiger partial charge on any atom is -0.354 e. The van der Waals surface area contributed by atoms with Crippen molar-refractivity contribution in [3.05, 3.63) is 47.0 Å². The summed E-state index contributed by atoms with van der Waals surface area (Å²) < 4.78 is 1.44. The monoisotopic (exact) mass is 268 g/mol. The molecule has 0 bridgehead atoms. The van der Waals surface area contributed by atoms with Crippen LogP contribution in [0, 0.1) is 13.8 Å². The lowest BCUT2D eigenvalue weighted by Crippen LogP contribution is -2.19. The van der Waals surface area contributed by atoms with Crippen LogP contribution in [0.2, 0.25) is 0 Å². The van der Waals surface area contributed by atoms with Crippen LogP contribution in [-0.4, -0.2) is 32.3 Å². The van der Waals surface area contributed by atoms with E-state index in [0.29, 0.717) is 5.65 Å². The van der Waals surface area contributed by atoms with E-state index in [-0.39, 0.29) is 0 Å². The summed E-state index contributed by atoms with van der Waals surface area (Å²) in [5.41, 5.74) is 4.51. The maximum Gasteiger partial charge on any atom is 0.200 e. The molecular weight excluding hydrogens is 252 g/mol. The predicted octanol–water partition coefficient (Wildman–Crippen LogP) is 1.77. The molecular formula is C14H16N6. The fraction of sp³-hybridized carbons (Fsp3) is 0.286. The number of aromatic nitrogens is 5. The highest BCUT2D eigenvalue weighted by atomic mass is 15.6. The Morgan fingerprint density at radius 3 is 2.80 bits per heavy atom. The van der Waals surface area contributed by atoms with Gasteiger partial charge in [-0.25, -0.2) is 0 Å². The van der Waals surface area contributed by atoms with Gasteiger partial charge in [-0.1, -0.05) is 23.8 Å². The van der Waals surface area contributed by atoms with E-state index in [1.807, 2.05) is 19.2 Å². The van der Waals surface area contributed by atoms with Crippen LogP contribution in [0.25, 0.3) is 5.65 Å². The van der Waals surface area contributed by atoms with E-state index in [0.717, 1.165) is 12.4 Å². The quantitative estimate of drug-likeness (QED) is 0.724. The highest BCUT2D eigenvalue weighted by molar-refractivity contribution is 5.45. The second-order valence-electron chi connectivity index (χ2n) is 5.00. The Balaban J connectivity index is 1.86. The molecule has 0 unspecified atom stereocenters. The zero-order valence-electron chi connectivity index (χ0n) is 11.8.